The summed E-state index contributed by atoms with van der Waals surface area (Å²) < 4.78 is 2.81. The van der Waals surface area contributed by atoms with Crippen LogP contribution in [0.4, 0.5) is 0 Å². The molecule has 2 aromatic rings. The molecule has 5 heteroatoms. The van der Waals surface area contributed by atoms with Crippen molar-refractivity contribution < 1.29 is 0 Å². The number of nitrogens with zero attached hydrogens (tertiary/aromatic N) is 2. The van der Waals surface area contributed by atoms with Crippen LogP contribution in [0.15, 0.2) is 35.2 Å². The summed E-state index contributed by atoms with van der Waals surface area (Å²) in [7, 11) is 0. The van der Waals surface area contributed by atoms with E-state index in [0.29, 0.717) is 5.02 Å². The lowest BCUT2D eigenvalue weighted by Gasteiger charge is -2.11. The van der Waals surface area contributed by atoms with E-state index in [1.165, 1.54) is 0 Å². The lowest BCUT2D eigenvalue weighted by atomic mass is 10.2. The third kappa shape index (κ3) is 2.14. The van der Waals surface area contributed by atoms with Gasteiger partial charge in [0.1, 0.15) is 0 Å². The van der Waals surface area contributed by atoms with Crippen molar-refractivity contribution in [1.82, 2.24) is 9.55 Å². The maximum atomic E-state index is 6.05. The normalized spacial score (nSPS) is 12.8. The number of benzene rings is 1. The minimum Gasteiger partial charge on any atom is -0.323 e. The van der Waals surface area contributed by atoms with Crippen LogP contribution in [0.2, 0.25) is 5.02 Å². The minimum atomic E-state index is -0.0649. The number of imidazole rings is 1. The first kappa shape index (κ1) is 11.6. The van der Waals surface area contributed by atoms with Gasteiger partial charge in [0.25, 0.3) is 0 Å². The van der Waals surface area contributed by atoms with Gasteiger partial charge in [-0.3, -0.25) is 0 Å². The van der Waals surface area contributed by atoms with Crippen molar-refractivity contribution in [1.29, 1.82) is 0 Å². The van der Waals surface area contributed by atoms with E-state index in [2.05, 4.69) is 20.9 Å². The molecule has 1 heterocycles. The highest BCUT2D eigenvalue weighted by Gasteiger charge is 2.09. The fourth-order valence-electron chi connectivity index (χ4n) is 1.49. The van der Waals surface area contributed by atoms with Crippen molar-refractivity contribution in [2.75, 3.05) is 0 Å². The molecule has 0 radical (unpaired) electrons. The molecule has 0 amide bonds. The second kappa shape index (κ2) is 4.57. The third-order valence-electron chi connectivity index (χ3n) is 2.31. The second-order valence-corrected chi connectivity index (χ2v) is 4.84. The molecule has 0 unspecified atom stereocenters. The zero-order chi connectivity index (χ0) is 11.7. The first-order valence-electron chi connectivity index (χ1n) is 4.83. The fraction of sp³-hybridized carbons (Fsp3) is 0.182. The standard InChI is InChI=1S/C11H11BrClN3/c1-7(14)11-5-15-6-16(11)8-2-3-9(12)10(13)4-8/h2-7H,14H2,1H3/t7-/m0/s1. The highest BCUT2D eigenvalue weighted by Crippen LogP contribution is 2.26. The van der Waals surface area contributed by atoms with E-state index in [4.69, 9.17) is 17.3 Å². The molecule has 84 valence electrons. The number of halogens is 2. The van der Waals surface area contributed by atoms with Crippen molar-refractivity contribution in [3.8, 4) is 5.69 Å². The lowest BCUT2D eigenvalue weighted by Crippen LogP contribution is -2.10. The SMILES string of the molecule is C[C@H](N)c1cncn1-c1ccc(Br)c(Cl)c1. The predicted octanol–water partition coefficient (Wildman–Crippen LogP) is 3.31. The largest absolute Gasteiger partial charge is 0.323 e. The van der Waals surface area contributed by atoms with Crippen molar-refractivity contribution >= 4 is 27.5 Å². The molecule has 0 aliphatic rings. The minimum absolute atomic E-state index is 0.0649. The van der Waals surface area contributed by atoms with Crippen LogP contribution < -0.4 is 5.73 Å². The Kier molecular flexibility index (Phi) is 3.33. The lowest BCUT2D eigenvalue weighted by molar-refractivity contribution is 0.752. The number of hydrogen-bond acceptors (Lipinski definition) is 2. The Morgan fingerprint density at radius 3 is 2.88 bits per heavy atom. The number of hydrogen-bond donors (Lipinski definition) is 1. The van der Waals surface area contributed by atoms with Crippen LogP contribution in [-0.4, -0.2) is 9.55 Å². The van der Waals surface area contributed by atoms with Gasteiger partial charge in [-0.25, -0.2) is 4.98 Å². The van der Waals surface area contributed by atoms with E-state index in [1.54, 1.807) is 12.5 Å². The molecule has 0 saturated carbocycles. The molecule has 0 aliphatic carbocycles. The monoisotopic (exact) mass is 299 g/mol. The van der Waals surface area contributed by atoms with Gasteiger partial charge in [0.05, 0.1) is 23.2 Å². The molecule has 2 rings (SSSR count). The predicted molar refractivity (Wildman–Crippen MR) is 68.9 cm³/mol. The van der Waals surface area contributed by atoms with Gasteiger partial charge in [-0.2, -0.15) is 0 Å². The summed E-state index contributed by atoms with van der Waals surface area (Å²) >= 11 is 9.41. The molecule has 0 spiro atoms. The molecule has 0 fully saturated rings. The van der Waals surface area contributed by atoms with Crippen LogP contribution in [0.1, 0.15) is 18.7 Å². The van der Waals surface area contributed by atoms with Gasteiger partial charge in [-0.1, -0.05) is 11.6 Å². The average molecular weight is 301 g/mol. The quantitative estimate of drug-likeness (QED) is 0.924. The van der Waals surface area contributed by atoms with Gasteiger partial charge in [0.2, 0.25) is 0 Å². The molecule has 2 N–H and O–H groups in total. The molecule has 1 aromatic carbocycles. The van der Waals surface area contributed by atoms with Crippen LogP contribution in [0, 0.1) is 0 Å². The zero-order valence-corrected chi connectivity index (χ0v) is 11.0. The van der Waals surface area contributed by atoms with E-state index in [-0.39, 0.29) is 6.04 Å². The molecule has 0 aliphatic heterocycles. The molecule has 3 nitrogen and oxygen atoms in total. The van der Waals surface area contributed by atoms with Crippen LogP contribution in [0.25, 0.3) is 5.69 Å². The number of rotatable bonds is 2. The topological polar surface area (TPSA) is 43.8 Å². The summed E-state index contributed by atoms with van der Waals surface area (Å²) in [6.07, 6.45) is 3.50. The molecule has 16 heavy (non-hydrogen) atoms. The maximum absolute atomic E-state index is 6.05. The van der Waals surface area contributed by atoms with Gasteiger partial charge in [0, 0.05) is 16.2 Å². The zero-order valence-electron chi connectivity index (χ0n) is 8.69. The summed E-state index contributed by atoms with van der Waals surface area (Å²) in [6, 6.07) is 5.68. The maximum Gasteiger partial charge on any atom is 0.0994 e. The highest BCUT2D eigenvalue weighted by molar-refractivity contribution is 9.10. The van der Waals surface area contributed by atoms with Gasteiger partial charge in [0.15, 0.2) is 0 Å². The smallest absolute Gasteiger partial charge is 0.0994 e. The molecule has 0 saturated heterocycles. The van der Waals surface area contributed by atoms with Gasteiger partial charge in [-0.05, 0) is 41.1 Å². The first-order valence-corrected chi connectivity index (χ1v) is 6.00. The Morgan fingerprint density at radius 2 is 2.25 bits per heavy atom. The number of nitrogens with two attached hydrogens (primary N) is 1. The van der Waals surface area contributed by atoms with Gasteiger partial charge >= 0.3 is 0 Å². The summed E-state index contributed by atoms with van der Waals surface area (Å²) in [4.78, 5) is 4.10. The van der Waals surface area contributed by atoms with Crippen molar-refractivity contribution in [3.63, 3.8) is 0 Å². The van der Waals surface area contributed by atoms with E-state index in [0.717, 1.165) is 15.9 Å². The Hall–Kier alpha value is -0.840. The molecular formula is C11H11BrClN3. The van der Waals surface area contributed by atoms with E-state index in [1.807, 2.05) is 29.7 Å². The molecule has 1 atom stereocenters. The Morgan fingerprint density at radius 1 is 1.50 bits per heavy atom. The first-order chi connectivity index (χ1) is 7.59. The van der Waals surface area contributed by atoms with Gasteiger partial charge in [-0.15, -0.1) is 0 Å². The summed E-state index contributed by atoms with van der Waals surface area (Å²) in [5, 5.41) is 0.668. The Bertz CT molecular complexity index is 508. The fourth-order valence-corrected chi connectivity index (χ4v) is 1.91. The van der Waals surface area contributed by atoms with Crippen molar-refractivity contribution in [2.24, 2.45) is 5.73 Å². The highest BCUT2D eigenvalue weighted by atomic mass is 79.9. The summed E-state index contributed by atoms with van der Waals surface area (Å²) in [5.41, 5.74) is 7.77. The second-order valence-electron chi connectivity index (χ2n) is 3.58. The molecule has 1 aromatic heterocycles. The summed E-state index contributed by atoms with van der Waals surface area (Å²) in [6.45, 7) is 1.92. The van der Waals surface area contributed by atoms with E-state index < -0.39 is 0 Å². The van der Waals surface area contributed by atoms with Gasteiger partial charge < -0.3 is 10.3 Å². The van der Waals surface area contributed by atoms with E-state index in [9.17, 15) is 0 Å². The molecular weight excluding hydrogens is 289 g/mol. The van der Waals surface area contributed by atoms with Crippen LogP contribution in [0.3, 0.4) is 0 Å². The van der Waals surface area contributed by atoms with Crippen LogP contribution >= 0.6 is 27.5 Å². The van der Waals surface area contributed by atoms with Crippen molar-refractivity contribution in [2.45, 2.75) is 13.0 Å². The Labute approximate surface area is 107 Å². The number of aromatic nitrogens is 2. The third-order valence-corrected chi connectivity index (χ3v) is 3.55. The van der Waals surface area contributed by atoms with E-state index >= 15 is 0 Å². The van der Waals surface area contributed by atoms with Crippen LogP contribution in [-0.2, 0) is 0 Å². The Balaban J connectivity index is 2.50. The average Bonchev–Trinajstić information content (AvgIpc) is 2.71. The van der Waals surface area contributed by atoms with Crippen molar-refractivity contribution in [3.05, 3.63) is 45.9 Å². The summed E-state index contributed by atoms with van der Waals surface area (Å²) in [5.74, 6) is 0. The molecule has 0 bridgehead atoms. The van der Waals surface area contributed by atoms with Crippen LogP contribution in [0.5, 0.6) is 0 Å².